The predicted molar refractivity (Wildman–Crippen MR) is 110 cm³/mol. The van der Waals surface area contributed by atoms with Crippen LogP contribution in [-0.4, -0.2) is 36.8 Å². The Morgan fingerprint density at radius 1 is 1.14 bits per heavy atom. The smallest absolute Gasteiger partial charge is 0.314 e. The minimum atomic E-state index is -0.558. The van der Waals surface area contributed by atoms with Gasteiger partial charge in [-0.1, -0.05) is 0 Å². The monoisotopic (exact) mass is 425 g/mol. The molecule has 160 valence electrons. The molecular weight excluding hydrogens is 398 g/mol. The molecule has 0 aromatic heterocycles. The van der Waals surface area contributed by atoms with Crippen molar-refractivity contribution in [2.45, 2.75) is 39.0 Å². The Kier molecular flexibility index (Phi) is 10.2. The molecule has 2 rings (SSSR count). The Hall–Kier alpha value is -2.61. The molecule has 1 aliphatic carbocycles. The van der Waals surface area contributed by atoms with E-state index in [4.69, 9.17) is 20.6 Å². The summed E-state index contributed by atoms with van der Waals surface area (Å²) in [6, 6.07) is 6.18. The summed E-state index contributed by atoms with van der Waals surface area (Å²) in [6.45, 7) is 2.57. The van der Waals surface area contributed by atoms with E-state index in [-0.39, 0.29) is 49.1 Å². The van der Waals surface area contributed by atoms with Crippen molar-refractivity contribution in [1.29, 1.82) is 5.41 Å². The van der Waals surface area contributed by atoms with E-state index >= 15 is 0 Å². The third-order valence-electron chi connectivity index (χ3n) is 4.77. The van der Waals surface area contributed by atoms with E-state index in [9.17, 15) is 14.4 Å². The van der Waals surface area contributed by atoms with E-state index in [1.165, 1.54) is 12.1 Å². The van der Waals surface area contributed by atoms with Crippen molar-refractivity contribution in [2.24, 2.45) is 17.6 Å². The van der Waals surface area contributed by atoms with Crippen LogP contribution in [0.2, 0.25) is 0 Å². The lowest BCUT2D eigenvalue weighted by molar-refractivity contribution is -0.142. The largest absolute Gasteiger partial charge is 0.466 e. The first-order valence-corrected chi connectivity index (χ1v) is 9.47. The molecule has 0 bridgehead atoms. The lowest BCUT2D eigenvalue weighted by Gasteiger charge is -2.27. The van der Waals surface area contributed by atoms with Crippen LogP contribution in [0.5, 0.6) is 5.75 Å². The molecule has 0 atom stereocenters. The Bertz CT molecular complexity index is 715. The van der Waals surface area contributed by atoms with Crippen molar-refractivity contribution in [2.75, 3.05) is 13.2 Å². The summed E-state index contributed by atoms with van der Waals surface area (Å²) >= 11 is 0. The minimum absolute atomic E-state index is 0. The molecule has 9 heteroatoms. The second kappa shape index (κ2) is 12.1. The standard InChI is InChI=1S/C20H27N3O5.ClH/c1-2-27-18(25)11-17(24)14-7-9-16(10-8-14)28-19(26)15-5-3-13(4-6-15)12-23-20(21)22;/h7-10,13,15H,2-6,11-12H2,1H3,(H4,21,22,23);1H. The van der Waals surface area contributed by atoms with E-state index in [1.807, 2.05) is 0 Å². The topological polar surface area (TPSA) is 132 Å². The van der Waals surface area contributed by atoms with E-state index in [2.05, 4.69) is 5.32 Å². The number of guanidine groups is 1. The van der Waals surface area contributed by atoms with Crippen LogP contribution >= 0.6 is 12.4 Å². The van der Waals surface area contributed by atoms with Crippen LogP contribution in [0.1, 0.15) is 49.4 Å². The number of ether oxygens (including phenoxy) is 2. The summed E-state index contributed by atoms with van der Waals surface area (Å²) in [5, 5.41) is 10.0. The van der Waals surface area contributed by atoms with Crippen LogP contribution in [-0.2, 0) is 14.3 Å². The van der Waals surface area contributed by atoms with Crippen molar-refractivity contribution in [3.8, 4) is 5.75 Å². The van der Waals surface area contributed by atoms with Gasteiger partial charge in [-0.3, -0.25) is 19.8 Å². The van der Waals surface area contributed by atoms with Gasteiger partial charge in [-0.15, -0.1) is 12.4 Å². The molecule has 1 aliphatic rings. The summed E-state index contributed by atoms with van der Waals surface area (Å²) in [4.78, 5) is 35.7. The third-order valence-corrected chi connectivity index (χ3v) is 4.77. The Morgan fingerprint density at radius 3 is 2.31 bits per heavy atom. The zero-order valence-corrected chi connectivity index (χ0v) is 17.3. The van der Waals surface area contributed by atoms with Gasteiger partial charge in [0.15, 0.2) is 11.7 Å². The van der Waals surface area contributed by atoms with E-state index in [0.29, 0.717) is 23.8 Å². The van der Waals surface area contributed by atoms with Crippen LogP contribution in [0.25, 0.3) is 0 Å². The summed E-state index contributed by atoms with van der Waals surface area (Å²) in [7, 11) is 0. The first-order valence-electron chi connectivity index (χ1n) is 9.47. The van der Waals surface area contributed by atoms with Gasteiger partial charge in [-0.2, -0.15) is 0 Å². The fourth-order valence-electron chi connectivity index (χ4n) is 3.21. The Morgan fingerprint density at radius 2 is 1.76 bits per heavy atom. The second-order valence-electron chi connectivity index (χ2n) is 6.86. The third kappa shape index (κ3) is 8.11. The maximum absolute atomic E-state index is 12.4. The first-order chi connectivity index (χ1) is 13.4. The van der Waals surface area contributed by atoms with Crippen molar-refractivity contribution in [1.82, 2.24) is 5.32 Å². The lowest BCUT2D eigenvalue weighted by atomic mass is 9.82. The first kappa shape index (κ1) is 24.4. The number of nitrogens with one attached hydrogen (secondary N) is 2. The van der Waals surface area contributed by atoms with Crippen LogP contribution in [0, 0.1) is 17.2 Å². The predicted octanol–water partition coefficient (Wildman–Crippen LogP) is 2.44. The highest BCUT2D eigenvalue weighted by Crippen LogP contribution is 2.29. The molecule has 0 amide bonds. The number of rotatable bonds is 8. The maximum atomic E-state index is 12.4. The number of benzene rings is 1. The van der Waals surface area contributed by atoms with Crippen molar-refractivity contribution in [3.63, 3.8) is 0 Å². The molecule has 0 aliphatic heterocycles. The van der Waals surface area contributed by atoms with E-state index in [1.54, 1.807) is 19.1 Å². The average Bonchev–Trinajstić information content (AvgIpc) is 2.67. The number of halogens is 1. The minimum Gasteiger partial charge on any atom is -0.466 e. The van der Waals surface area contributed by atoms with Gasteiger partial charge in [0.25, 0.3) is 0 Å². The molecule has 8 nitrogen and oxygen atoms in total. The summed E-state index contributed by atoms with van der Waals surface area (Å²) in [5.74, 6) is -0.588. The molecule has 1 fully saturated rings. The van der Waals surface area contributed by atoms with Gasteiger partial charge in [0.05, 0.1) is 12.5 Å². The van der Waals surface area contributed by atoms with E-state index in [0.717, 1.165) is 25.7 Å². The average molecular weight is 426 g/mol. The molecule has 0 radical (unpaired) electrons. The molecule has 1 aromatic rings. The highest BCUT2D eigenvalue weighted by Gasteiger charge is 2.27. The van der Waals surface area contributed by atoms with E-state index < -0.39 is 5.97 Å². The molecule has 1 saturated carbocycles. The number of hydrogen-bond donors (Lipinski definition) is 3. The van der Waals surface area contributed by atoms with Crippen LogP contribution in [0.15, 0.2) is 24.3 Å². The number of ketones is 1. The van der Waals surface area contributed by atoms with Crippen molar-refractivity contribution < 1.29 is 23.9 Å². The number of hydrogen-bond acceptors (Lipinski definition) is 6. The van der Waals surface area contributed by atoms with Crippen LogP contribution < -0.4 is 15.8 Å². The highest BCUT2D eigenvalue weighted by molar-refractivity contribution is 6.06. The van der Waals surface area contributed by atoms with Crippen molar-refractivity contribution in [3.05, 3.63) is 29.8 Å². The summed E-state index contributed by atoms with van der Waals surface area (Å²) in [6.07, 6.45) is 2.91. The fraction of sp³-hybridized carbons (Fsp3) is 0.500. The van der Waals surface area contributed by atoms with Gasteiger partial charge in [0.1, 0.15) is 12.2 Å². The summed E-state index contributed by atoms with van der Waals surface area (Å²) < 4.78 is 10.2. The normalized spacial score (nSPS) is 18.1. The summed E-state index contributed by atoms with van der Waals surface area (Å²) in [5.41, 5.74) is 5.66. The fourth-order valence-corrected chi connectivity index (χ4v) is 3.21. The van der Waals surface area contributed by atoms with Gasteiger partial charge in [-0.25, -0.2) is 0 Å². The number of nitrogens with two attached hydrogens (primary N) is 1. The molecule has 4 N–H and O–H groups in total. The van der Waals surface area contributed by atoms with Gasteiger partial charge in [-0.05, 0) is 62.8 Å². The lowest BCUT2D eigenvalue weighted by Crippen LogP contribution is -2.36. The van der Waals surface area contributed by atoms with Gasteiger partial charge in [0, 0.05) is 12.1 Å². The molecule has 1 aromatic carbocycles. The number of carbonyl (C=O) groups excluding carboxylic acids is 3. The van der Waals surface area contributed by atoms with Crippen molar-refractivity contribution >= 4 is 36.1 Å². The molecular formula is C20H28ClN3O5. The highest BCUT2D eigenvalue weighted by atomic mass is 35.5. The second-order valence-corrected chi connectivity index (χ2v) is 6.86. The number of Topliss-reactive ketones (excluding diaryl/α,β-unsaturated/α-hetero) is 1. The Labute approximate surface area is 176 Å². The molecule has 0 unspecified atom stereocenters. The Balaban J connectivity index is 0.00000420. The zero-order chi connectivity index (χ0) is 20.5. The van der Waals surface area contributed by atoms with Crippen LogP contribution in [0.3, 0.4) is 0 Å². The quantitative estimate of drug-likeness (QED) is 0.145. The van der Waals surface area contributed by atoms with Gasteiger partial charge < -0.3 is 20.5 Å². The zero-order valence-electron chi connectivity index (χ0n) is 16.4. The number of carbonyl (C=O) groups is 3. The number of esters is 2. The molecule has 0 heterocycles. The molecule has 0 spiro atoms. The maximum Gasteiger partial charge on any atom is 0.314 e. The SMILES string of the molecule is CCOC(=O)CC(=O)c1ccc(OC(=O)C2CCC(CNC(=N)N)CC2)cc1.Cl. The molecule has 0 saturated heterocycles. The van der Waals surface area contributed by atoms with Gasteiger partial charge in [0.2, 0.25) is 0 Å². The molecule has 29 heavy (non-hydrogen) atoms. The van der Waals surface area contributed by atoms with Crippen LogP contribution in [0.4, 0.5) is 0 Å². The van der Waals surface area contributed by atoms with Gasteiger partial charge >= 0.3 is 11.9 Å².